The molecule has 174 valence electrons. The van der Waals surface area contributed by atoms with Crippen LogP contribution in [0.15, 0.2) is 42.5 Å². The van der Waals surface area contributed by atoms with Crippen molar-refractivity contribution in [2.24, 2.45) is 5.92 Å². The van der Waals surface area contributed by atoms with E-state index < -0.39 is 6.10 Å². The van der Waals surface area contributed by atoms with Gasteiger partial charge in [-0.25, -0.2) is 0 Å². The van der Waals surface area contributed by atoms with Crippen LogP contribution in [0.3, 0.4) is 0 Å². The molecular weight excluding hydrogens is 416 g/mol. The average molecular weight is 449 g/mol. The second-order valence-corrected chi connectivity index (χ2v) is 9.43. The van der Waals surface area contributed by atoms with E-state index in [1.165, 1.54) is 11.1 Å². The Morgan fingerprint density at radius 1 is 1.03 bits per heavy atom. The number of carbonyl (C=O) groups excluding carboxylic acids is 2. The molecule has 6 heteroatoms. The molecule has 5 rings (SSSR count). The quantitative estimate of drug-likeness (QED) is 0.703. The van der Waals surface area contributed by atoms with Gasteiger partial charge in [0.05, 0.1) is 19.3 Å². The van der Waals surface area contributed by atoms with Crippen molar-refractivity contribution < 1.29 is 19.1 Å². The van der Waals surface area contributed by atoms with Gasteiger partial charge in [0.1, 0.15) is 5.75 Å². The van der Waals surface area contributed by atoms with E-state index in [9.17, 15) is 9.59 Å². The number of hydrogen-bond acceptors (Lipinski definition) is 4. The highest BCUT2D eigenvalue weighted by Gasteiger charge is 2.39. The van der Waals surface area contributed by atoms with E-state index >= 15 is 0 Å². The van der Waals surface area contributed by atoms with Gasteiger partial charge < -0.3 is 19.3 Å². The van der Waals surface area contributed by atoms with Crippen LogP contribution in [-0.4, -0.2) is 60.6 Å². The smallest absolute Gasteiger partial charge is 0.263 e. The van der Waals surface area contributed by atoms with E-state index in [-0.39, 0.29) is 23.8 Å². The van der Waals surface area contributed by atoms with Crippen LogP contribution in [0.2, 0.25) is 0 Å². The Hall–Kier alpha value is -2.86. The van der Waals surface area contributed by atoms with Gasteiger partial charge in [0.15, 0.2) is 6.10 Å². The number of benzene rings is 2. The van der Waals surface area contributed by atoms with E-state index in [0.717, 1.165) is 36.9 Å². The maximum Gasteiger partial charge on any atom is 0.263 e. The number of carbonyl (C=O) groups is 2. The number of ether oxygens (including phenoxy) is 2. The van der Waals surface area contributed by atoms with Crippen molar-refractivity contribution in [1.29, 1.82) is 0 Å². The summed E-state index contributed by atoms with van der Waals surface area (Å²) < 4.78 is 11.5. The van der Waals surface area contributed by atoms with Crippen LogP contribution in [0.4, 0.5) is 0 Å². The maximum atomic E-state index is 13.2. The van der Waals surface area contributed by atoms with E-state index in [1.807, 2.05) is 12.1 Å². The summed E-state index contributed by atoms with van der Waals surface area (Å²) in [6, 6.07) is 14.4. The molecule has 0 spiro atoms. The zero-order valence-corrected chi connectivity index (χ0v) is 19.5. The first-order valence-electron chi connectivity index (χ1n) is 12.0. The Morgan fingerprint density at radius 2 is 1.76 bits per heavy atom. The SMILES string of the molecule is Cc1ccc([C@H]2c3cc(O[C@@H](C)C(=O)N4CCOCC4)ccc3CCN2C(=O)C2CC2)cc1. The van der Waals surface area contributed by atoms with Crippen LogP contribution in [0.25, 0.3) is 0 Å². The summed E-state index contributed by atoms with van der Waals surface area (Å²) in [4.78, 5) is 29.9. The van der Waals surface area contributed by atoms with Gasteiger partial charge in [0.2, 0.25) is 5.91 Å². The van der Waals surface area contributed by atoms with Crippen LogP contribution in [0.5, 0.6) is 5.75 Å². The van der Waals surface area contributed by atoms with Crippen molar-refractivity contribution in [2.75, 3.05) is 32.8 Å². The van der Waals surface area contributed by atoms with Gasteiger partial charge in [0.25, 0.3) is 5.91 Å². The maximum absolute atomic E-state index is 13.2. The highest BCUT2D eigenvalue weighted by molar-refractivity contribution is 5.82. The molecule has 1 aliphatic carbocycles. The standard InChI is InChI=1S/C27H32N2O4/c1-18-3-5-21(6-4-18)25-24-17-23(33-19(2)26(30)28-13-15-32-16-14-28)10-9-20(24)11-12-29(25)27(31)22-7-8-22/h3-6,9-10,17,19,22,25H,7-8,11-16H2,1-2H3/t19-,25-/m0/s1. The molecule has 33 heavy (non-hydrogen) atoms. The van der Waals surface area contributed by atoms with Crippen molar-refractivity contribution in [3.63, 3.8) is 0 Å². The lowest BCUT2D eigenvalue weighted by atomic mass is 9.87. The van der Waals surface area contributed by atoms with Gasteiger partial charge in [0, 0.05) is 25.6 Å². The predicted octanol–water partition coefficient (Wildman–Crippen LogP) is 3.51. The van der Waals surface area contributed by atoms with Crippen molar-refractivity contribution in [3.05, 3.63) is 64.7 Å². The lowest BCUT2D eigenvalue weighted by molar-refractivity contribution is -0.142. The Kier molecular flexibility index (Phi) is 6.11. The molecule has 0 N–H and O–H groups in total. The summed E-state index contributed by atoms with van der Waals surface area (Å²) in [5.74, 6) is 1.08. The molecule has 2 aromatic rings. The van der Waals surface area contributed by atoms with E-state index in [4.69, 9.17) is 9.47 Å². The van der Waals surface area contributed by atoms with Gasteiger partial charge in [-0.3, -0.25) is 9.59 Å². The fourth-order valence-corrected chi connectivity index (χ4v) is 4.87. The minimum absolute atomic E-state index is 0.0170. The molecule has 0 bridgehead atoms. The molecule has 1 saturated heterocycles. The minimum atomic E-state index is -0.577. The number of rotatable bonds is 5. The van der Waals surface area contributed by atoms with Crippen LogP contribution < -0.4 is 4.74 Å². The van der Waals surface area contributed by atoms with Gasteiger partial charge in [-0.05, 0) is 61.9 Å². The van der Waals surface area contributed by atoms with E-state index in [1.54, 1.807) is 11.8 Å². The monoisotopic (exact) mass is 448 g/mol. The number of nitrogens with zero attached hydrogens (tertiary/aromatic N) is 2. The molecule has 1 saturated carbocycles. The van der Waals surface area contributed by atoms with E-state index in [2.05, 4.69) is 42.2 Å². The van der Waals surface area contributed by atoms with Crippen molar-refractivity contribution >= 4 is 11.8 Å². The molecule has 2 aliphatic heterocycles. The second kappa shape index (κ2) is 9.18. The molecule has 3 aliphatic rings. The summed E-state index contributed by atoms with van der Waals surface area (Å²) in [7, 11) is 0. The Balaban J connectivity index is 1.43. The Bertz CT molecular complexity index is 1020. The molecule has 2 aromatic carbocycles. The number of amides is 2. The molecule has 0 aromatic heterocycles. The molecule has 2 fully saturated rings. The normalized spacial score (nSPS) is 21.3. The Labute approximate surface area is 195 Å². The number of hydrogen-bond donors (Lipinski definition) is 0. The average Bonchev–Trinajstić information content (AvgIpc) is 3.69. The summed E-state index contributed by atoms with van der Waals surface area (Å²) in [6.07, 6.45) is 2.24. The van der Waals surface area contributed by atoms with Crippen LogP contribution in [0.1, 0.15) is 48.1 Å². The third-order valence-electron chi connectivity index (χ3n) is 6.93. The van der Waals surface area contributed by atoms with Crippen LogP contribution in [0, 0.1) is 12.8 Å². The lowest BCUT2D eigenvalue weighted by Gasteiger charge is -2.38. The van der Waals surface area contributed by atoms with Crippen molar-refractivity contribution in [1.82, 2.24) is 9.80 Å². The first-order chi connectivity index (χ1) is 16.0. The minimum Gasteiger partial charge on any atom is -0.481 e. The van der Waals surface area contributed by atoms with Crippen LogP contribution in [-0.2, 0) is 20.7 Å². The van der Waals surface area contributed by atoms with Gasteiger partial charge in [-0.2, -0.15) is 0 Å². The molecular formula is C27H32N2O4. The highest BCUT2D eigenvalue weighted by Crippen LogP contribution is 2.41. The predicted molar refractivity (Wildman–Crippen MR) is 125 cm³/mol. The highest BCUT2D eigenvalue weighted by atomic mass is 16.5. The third kappa shape index (κ3) is 4.62. The number of fused-ring (bicyclic) bond motifs is 1. The fourth-order valence-electron chi connectivity index (χ4n) is 4.87. The van der Waals surface area contributed by atoms with Gasteiger partial charge in [-0.15, -0.1) is 0 Å². The van der Waals surface area contributed by atoms with Crippen LogP contribution >= 0.6 is 0 Å². The Morgan fingerprint density at radius 3 is 2.45 bits per heavy atom. The summed E-state index contributed by atoms with van der Waals surface area (Å²) in [6.45, 7) is 6.95. The van der Waals surface area contributed by atoms with E-state index in [0.29, 0.717) is 32.1 Å². The van der Waals surface area contributed by atoms with Gasteiger partial charge in [-0.1, -0.05) is 35.9 Å². The topological polar surface area (TPSA) is 59.1 Å². The molecule has 2 amide bonds. The van der Waals surface area contributed by atoms with Crippen molar-refractivity contribution in [2.45, 2.75) is 45.3 Å². The molecule has 6 nitrogen and oxygen atoms in total. The number of morpholine rings is 1. The second-order valence-electron chi connectivity index (χ2n) is 9.43. The summed E-state index contributed by atoms with van der Waals surface area (Å²) in [5, 5.41) is 0. The molecule has 0 unspecified atom stereocenters. The zero-order valence-electron chi connectivity index (χ0n) is 19.5. The largest absolute Gasteiger partial charge is 0.481 e. The first-order valence-corrected chi connectivity index (χ1v) is 12.0. The third-order valence-corrected chi connectivity index (χ3v) is 6.93. The van der Waals surface area contributed by atoms with Gasteiger partial charge >= 0.3 is 0 Å². The molecule has 0 radical (unpaired) electrons. The molecule has 2 atom stereocenters. The number of aryl methyl sites for hydroxylation is 1. The molecule has 2 heterocycles. The lowest BCUT2D eigenvalue weighted by Crippen LogP contribution is -2.46. The fraction of sp³-hybridized carbons (Fsp3) is 0.481. The summed E-state index contributed by atoms with van der Waals surface area (Å²) in [5.41, 5.74) is 4.65. The first kappa shape index (κ1) is 22.0. The summed E-state index contributed by atoms with van der Waals surface area (Å²) >= 11 is 0. The van der Waals surface area contributed by atoms with Crippen molar-refractivity contribution in [3.8, 4) is 5.75 Å². The zero-order chi connectivity index (χ0) is 22.9.